The number of halogens is 3. The summed E-state index contributed by atoms with van der Waals surface area (Å²) in [5.74, 6) is 0.173. The maximum atomic E-state index is 12.3. The maximum Gasteiger partial charge on any atom is 0.406 e. The van der Waals surface area contributed by atoms with E-state index in [0.29, 0.717) is 13.2 Å². The van der Waals surface area contributed by atoms with E-state index in [9.17, 15) is 18.0 Å². The second-order valence-electron chi connectivity index (χ2n) is 4.17. The molecule has 114 valence electrons. The number of urea groups is 1. The number of methoxy groups -OCH3 is 1. The Bertz CT molecular complexity index is 434. The van der Waals surface area contributed by atoms with Crippen molar-refractivity contribution < 1.29 is 22.7 Å². The molecule has 0 atom stereocenters. The predicted octanol–water partition coefficient (Wildman–Crippen LogP) is 1.23. The molecule has 0 aliphatic rings. The van der Waals surface area contributed by atoms with Gasteiger partial charge in [-0.15, -0.1) is 0 Å². The van der Waals surface area contributed by atoms with Gasteiger partial charge in [0, 0.05) is 33.1 Å². The van der Waals surface area contributed by atoms with Crippen molar-refractivity contribution in [3.05, 3.63) is 18.2 Å². The van der Waals surface area contributed by atoms with Crippen molar-refractivity contribution in [1.82, 2.24) is 19.8 Å². The lowest BCUT2D eigenvalue weighted by molar-refractivity contribution is -0.141. The van der Waals surface area contributed by atoms with Crippen LogP contribution in [0.15, 0.2) is 12.4 Å². The molecule has 0 unspecified atom stereocenters. The highest BCUT2D eigenvalue weighted by Crippen LogP contribution is 2.18. The van der Waals surface area contributed by atoms with E-state index in [0.717, 1.165) is 4.57 Å². The van der Waals surface area contributed by atoms with Gasteiger partial charge in [-0.3, -0.25) is 0 Å². The number of nitrogens with zero attached hydrogens (tertiary/aromatic N) is 3. The molecule has 0 bridgehead atoms. The molecule has 1 heterocycles. The van der Waals surface area contributed by atoms with E-state index in [4.69, 9.17) is 4.74 Å². The van der Waals surface area contributed by atoms with Crippen molar-refractivity contribution in [2.75, 3.05) is 27.3 Å². The molecule has 0 radical (unpaired) electrons. The Labute approximate surface area is 114 Å². The quantitative estimate of drug-likeness (QED) is 0.803. The normalized spacial score (nSPS) is 11.4. The Morgan fingerprint density at radius 3 is 2.85 bits per heavy atom. The number of carbonyl (C=O) groups is 1. The summed E-state index contributed by atoms with van der Waals surface area (Å²) in [4.78, 5) is 16.7. The van der Waals surface area contributed by atoms with Crippen LogP contribution >= 0.6 is 0 Å². The monoisotopic (exact) mass is 294 g/mol. The fourth-order valence-corrected chi connectivity index (χ4v) is 1.51. The number of hydrogen-bond donors (Lipinski definition) is 1. The Morgan fingerprint density at radius 1 is 1.55 bits per heavy atom. The first-order chi connectivity index (χ1) is 9.33. The highest BCUT2D eigenvalue weighted by atomic mass is 19.4. The van der Waals surface area contributed by atoms with Crippen LogP contribution in [-0.4, -0.2) is 54.0 Å². The number of nitrogens with one attached hydrogen (secondary N) is 1. The lowest BCUT2D eigenvalue weighted by Crippen LogP contribution is -2.39. The molecule has 1 aromatic rings. The van der Waals surface area contributed by atoms with Crippen LogP contribution in [-0.2, 0) is 17.8 Å². The van der Waals surface area contributed by atoms with Crippen molar-refractivity contribution >= 4 is 6.03 Å². The summed E-state index contributed by atoms with van der Waals surface area (Å²) < 4.78 is 42.8. The second kappa shape index (κ2) is 7.13. The molecule has 6 nitrogen and oxygen atoms in total. The number of alkyl halides is 3. The number of carbonyl (C=O) groups excluding carboxylic acids is 1. The van der Waals surface area contributed by atoms with Crippen LogP contribution in [0.1, 0.15) is 5.82 Å². The number of aromatic nitrogens is 2. The third kappa shape index (κ3) is 5.47. The van der Waals surface area contributed by atoms with Crippen LogP contribution in [0.2, 0.25) is 0 Å². The first-order valence-corrected chi connectivity index (χ1v) is 5.88. The molecule has 0 saturated carbocycles. The molecule has 0 fully saturated rings. The lowest BCUT2D eigenvalue weighted by atomic mass is 10.5. The van der Waals surface area contributed by atoms with E-state index >= 15 is 0 Å². The summed E-state index contributed by atoms with van der Waals surface area (Å²) in [7, 11) is 2.98. The summed E-state index contributed by atoms with van der Waals surface area (Å²) >= 11 is 0. The van der Waals surface area contributed by atoms with Crippen molar-refractivity contribution in [1.29, 1.82) is 0 Å². The van der Waals surface area contributed by atoms with E-state index in [-0.39, 0.29) is 12.4 Å². The summed E-state index contributed by atoms with van der Waals surface area (Å²) in [5, 5.41) is 2.57. The van der Waals surface area contributed by atoms with Crippen molar-refractivity contribution in [3.8, 4) is 0 Å². The zero-order valence-corrected chi connectivity index (χ0v) is 11.3. The Hall–Kier alpha value is -1.77. The number of rotatable bonds is 6. The van der Waals surface area contributed by atoms with Gasteiger partial charge in [0.15, 0.2) is 0 Å². The average Bonchev–Trinajstić information content (AvgIpc) is 2.74. The number of imidazole rings is 1. The average molecular weight is 294 g/mol. The minimum Gasteiger partial charge on any atom is -0.383 e. The van der Waals surface area contributed by atoms with Crippen LogP contribution in [0, 0.1) is 0 Å². The maximum absolute atomic E-state index is 12.3. The van der Waals surface area contributed by atoms with Gasteiger partial charge in [-0.25, -0.2) is 9.78 Å². The van der Waals surface area contributed by atoms with Gasteiger partial charge in [0.2, 0.25) is 0 Å². The smallest absolute Gasteiger partial charge is 0.383 e. The molecule has 9 heteroatoms. The highest BCUT2D eigenvalue weighted by molar-refractivity contribution is 5.73. The standard InChI is InChI=1S/C11H17F3N4O2/c1-17(10(19)16-4-6-20-2)7-9-15-3-5-18(9)8-11(12,13)14/h3,5H,4,6-8H2,1-2H3,(H,16,19). The summed E-state index contributed by atoms with van der Waals surface area (Å²) in [6, 6.07) is -0.399. The van der Waals surface area contributed by atoms with Crippen LogP contribution in [0.25, 0.3) is 0 Å². The predicted molar refractivity (Wildman–Crippen MR) is 65.0 cm³/mol. The SMILES string of the molecule is COCCNC(=O)N(C)Cc1nccn1CC(F)(F)F. The molecule has 20 heavy (non-hydrogen) atoms. The molecule has 0 aliphatic heterocycles. The summed E-state index contributed by atoms with van der Waals surface area (Å²) in [6.07, 6.45) is -1.81. The lowest BCUT2D eigenvalue weighted by Gasteiger charge is -2.18. The second-order valence-corrected chi connectivity index (χ2v) is 4.17. The van der Waals surface area contributed by atoms with Gasteiger partial charge >= 0.3 is 12.2 Å². The van der Waals surface area contributed by atoms with E-state index in [1.54, 1.807) is 0 Å². The van der Waals surface area contributed by atoms with E-state index < -0.39 is 18.8 Å². The third-order valence-corrected chi connectivity index (χ3v) is 2.46. The molecular formula is C11H17F3N4O2. The van der Waals surface area contributed by atoms with Crippen molar-refractivity contribution in [2.45, 2.75) is 19.3 Å². The molecule has 2 amide bonds. The topological polar surface area (TPSA) is 59.4 Å². The highest BCUT2D eigenvalue weighted by Gasteiger charge is 2.29. The fourth-order valence-electron chi connectivity index (χ4n) is 1.51. The first-order valence-electron chi connectivity index (χ1n) is 5.88. The fraction of sp³-hybridized carbons (Fsp3) is 0.636. The van der Waals surface area contributed by atoms with Crippen molar-refractivity contribution in [3.63, 3.8) is 0 Å². The van der Waals surface area contributed by atoms with E-state index in [1.165, 1.54) is 31.5 Å². The Morgan fingerprint density at radius 2 is 2.25 bits per heavy atom. The van der Waals surface area contributed by atoms with E-state index in [2.05, 4.69) is 10.3 Å². The van der Waals surface area contributed by atoms with Crippen LogP contribution < -0.4 is 5.32 Å². The summed E-state index contributed by atoms with van der Waals surface area (Å²) in [5.41, 5.74) is 0. The zero-order valence-electron chi connectivity index (χ0n) is 11.3. The van der Waals surface area contributed by atoms with E-state index in [1.807, 2.05) is 0 Å². The molecule has 0 saturated heterocycles. The number of amides is 2. The third-order valence-electron chi connectivity index (χ3n) is 2.46. The van der Waals surface area contributed by atoms with Crippen LogP contribution in [0.5, 0.6) is 0 Å². The molecule has 1 N–H and O–H groups in total. The van der Waals surface area contributed by atoms with Gasteiger partial charge in [-0.1, -0.05) is 0 Å². The van der Waals surface area contributed by atoms with Gasteiger partial charge in [-0.2, -0.15) is 13.2 Å². The minimum atomic E-state index is -4.32. The molecular weight excluding hydrogens is 277 g/mol. The largest absolute Gasteiger partial charge is 0.406 e. The minimum absolute atomic E-state index is 0.0120. The molecule has 1 aromatic heterocycles. The zero-order chi connectivity index (χ0) is 15.2. The Balaban J connectivity index is 2.55. The van der Waals surface area contributed by atoms with Gasteiger partial charge in [0.25, 0.3) is 0 Å². The Kier molecular flexibility index (Phi) is 5.81. The summed E-state index contributed by atoms with van der Waals surface area (Å²) in [6.45, 7) is -0.442. The van der Waals surface area contributed by atoms with Gasteiger partial charge in [-0.05, 0) is 0 Å². The van der Waals surface area contributed by atoms with Gasteiger partial charge in [0.05, 0.1) is 13.2 Å². The molecule has 0 spiro atoms. The molecule has 0 aromatic carbocycles. The van der Waals surface area contributed by atoms with Crippen molar-refractivity contribution in [2.24, 2.45) is 0 Å². The van der Waals surface area contributed by atoms with Crippen LogP contribution in [0.3, 0.4) is 0 Å². The van der Waals surface area contributed by atoms with Gasteiger partial charge in [0.1, 0.15) is 12.4 Å². The number of hydrogen-bond acceptors (Lipinski definition) is 3. The van der Waals surface area contributed by atoms with Gasteiger partial charge < -0.3 is 19.5 Å². The van der Waals surface area contributed by atoms with Crippen LogP contribution in [0.4, 0.5) is 18.0 Å². The first kappa shape index (κ1) is 16.3. The molecule has 0 aliphatic carbocycles. The molecule has 1 rings (SSSR count). The number of ether oxygens (including phenoxy) is 1.